The van der Waals surface area contributed by atoms with Crippen molar-refractivity contribution in [2.24, 2.45) is 0 Å². The summed E-state index contributed by atoms with van der Waals surface area (Å²) in [4.78, 5) is 0. The lowest BCUT2D eigenvalue weighted by Gasteiger charge is -1.00. The molecule has 0 aliphatic heterocycles. The first-order valence-corrected chi connectivity index (χ1v) is 0. The maximum Gasteiger partial charge on any atom is -0.369 e. The van der Waals surface area contributed by atoms with Crippen molar-refractivity contribution >= 4 is 0 Å². The van der Waals surface area contributed by atoms with Gasteiger partial charge in [0.25, 0.3) is 0 Å². The highest BCUT2D eigenvalue weighted by molar-refractivity contribution is 2.13. The molecule has 0 bridgehead atoms. The fourth-order valence-electron chi connectivity index (χ4n) is 0. The SMILES string of the molecule is [Cl-].[Cl-].[Cl-].[Cl-].[NH4+].[OH-]. The molecule has 0 unspecified atom stereocenters. The van der Waals surface area contributed by atoms with Crippen molar-refractivity contribution in [3.05, 3.63) is 0 Å². The van der Waals surface area contributed by atoms with Crippen LogP contribution in [0.3, 0.4) is 0 Å². The molecular formula is H5Cl4NO-4. The molecule has 6 heteroatoms. The first-order chi connectivity index (χ1) is 0. The van der Waals surface area contributed by atoms with Gasteiger partial charge in [0.05, 0.1) is 0 Å². The summed E-state index contributed by atoms with van der Waals surface area (Å²) in [6.45, 7) is 0. The quantitative estimate of drug-likeness (QED) is 0.392. The van der Waals surface area contributed by atoms with Gasteiger partial charge in [-0.05, 0) is 0 Å². The Morgan fingerprint density at radius 2 is 0.500 bits per heavy atom. The molecule has 0 spiro atoms. The maximum atomic E-state index is 0. The van der Waals surface area contributed by atoms with Gasteiger partial charge in [0, 0.05) is 0 Å². The lowest BCUT2D eigenvalue weighted by atomic mass is 14.0. The zero-order valence-corrected chi connectivity index (χ0v) is 5.98. The molecule has 0 aromatic heterocycles. The van der Waals surface area contributed by atoms with Crippen LogP contribution in [0.1, 0.15) is 0 Å². The number of hydrogen-bond donors (Lipinski definition) is 1. The van der Waals surface area contributed by atoms with Gasteiger partial charge in [0.1, 0.15) is 0 Å². The third kappa shape index (κ3) is 72.5. The van der Waals surface area contributed by atoms with Crippen LogP contribution in [0.4, 0.5) is 0 Å². The Morgan fingerprint density at radius 3 is 0.500 bits per heavy atom. The average Bonchev–Trinajstić information content (AvgIpc) is 0. The van der Waals surface area contributed by atoms with Crippen LogP contribution in [0.15, 0.2) is 0 Å². The van der Waals surface area contributed by atoms with E-state index in [4.69, 9.17) is 0 Å². The minimum absolute atomic E-state index is 0. The normalized spacial score (nSPS) is 0. The van der Waals surface area contributed by atoms with E-state index in [1.165, 1.54) is 0 Å². The summed E-state index contributed by atoms with van der Waals surface area (Å²) in [5.41, 5.74) is 0. The molecule has 0 aliphatic carbocycles. The van der Waals surface area contributed by atoms with E-state index in [2.05, 4.69) is 0 Å². The molecule has 0 aromatic rings. The van der Waals surface area contributed by atoms with Gasteiger partial charge in [-0.1, -0.05) is 0 Å². The van der Waals surface area contributed by atoms with Crippen LogP contribution < -0.4 is 55.8 Å². The minimum Gasteiger partial charge on any atom is -1.00 e. The van der Waals surface area contributed by atoms with E-state index < -0.39 is 0 Å². The Morgan fingerprint density at radius 1 is 0.500 bits per heavy atom. The van der Waals surface area contributed by atoms with Gasteiger partial charge in [0.2, 0.25) is 0 Å². The maximum absolute atomic E-state index is 0. The fraction of sp³-hybridized carbons (Fsp3) is 0. The third-order valence-corrected chi connectivity index (χ3v) is 0. The second-order valence-electron chi connectivity index (χ2n) is 0. The monoisotopic (exact) mass is 175 g/mol. The molecule has 0 atom stereocenters. The van der Waals surface area contributed by atoms with E-state index in [1.807, 2.05) is 0 Å². The smallest absolute Gasteiger partial charge is 0.369 e. The third-order valence-electron chi connectivity index (χ3n) is 0. The largest absolute Gasteiger partial charge is 1.00 e. The predicted octanol–water partition coefficient (Wildman–Crippen LogP) is -11.8. The van der Waals surface area contributed by atoms with Crippen LogP contribution >= 0.6 is 0 Å². The van der Waals surface area contributed by atoms with Crippen LogP contribution in [-0.4, -0.2) is 5.48 Å². The highest BCUT2D eigenvalue weighted by Crippen LogP contribution is -0.289. The molecular weight excluding hydrogens is 172 g/mol. The van der Waals surface area contributed by atoms with Crippen molar-refractivity contribution in [2.45, 2.75) is 0 Å². The van der Waals surface area contributed by atoms with Crippen LogP contribution in [-0.2, 0) is 0 Å². The van der Waals surface area contributed by atoms with Crippen LogP contribution in [0.25, 0.3) is 0 Å². The van der Waals surface area contributed by atoms with Crippen LogP contribution in [0, 0.1) is 0 Å². The minimum atomic E-state index is 0. The summed E-state index contributed by atoms with van der Waals surface area (Å²) in [6.07, 6.45) is 0. The Balaban J connectivity index is 0. The van der Waals surface area contributed by atoms with Gasteiger partial charge in [-0.3, -0.25) is 0 Å². The van der Waals surface area contributed by atoms with Gasteiger partial charge in [-0.15, -0.1) is 0 Å². The lowest BCUT2D eigenvalue weighted by Crippen LogP contribution is -3.00. The zero-order valence-electron chi connectivity index (χ0n) is 2.96. The van der Waals surface area contributed by atoms with Gasteiger partial charge in [-0.25, -0.2) is 0 Å². The Kier molecular flexibility index (Phi) is 5030. The van der Waals surface area contributed by atoms with Crippen molar-refractivity contribution in [1.82, 2.24) is 6.15 Å². The van der Waals surface area contributed by atoms with Crippen molar-refractivity contribution in [2.75, 3.05) is 0 Å². The first-order valence-electron chi connectivity index (χ1n) is 0. The van der Waals surface area contributed by atoms with Gasteiger partial charge in [0.15, 0.2) is 0 Å². The summed E-state index contributed by atoms with van der Waals surface area (Å²) in [7, 11) is 0. The van der Waals surface area contributed by atoms with Crippen molar-refractivity contribution < 1.29 is 55.1 Å². The molecule has 0 amide bonds. The fourth-order valence-corrected chi connectivity index (χ4v) is 0. The van der Waals surface area contributed by atoms with Crippen molar-refractivity contribution in [3.63, 3.8) is 0 Å². The molecule has 0 saturated carbocycles. The number of halogens is 4. The van der Waals surface area contributed by atoms with E-state index in [9.17, 15) is 0 Å². The molecule has 0 aliphatic rings. The summed E-state index contributed by atoms with van der Waals surface area (Å²) in [6, 6.07) is 0. The first kappa shape index (κ1) is 224. The Bertz CT molecular complexity index is 7.51. The molecule has 6 heavy (non-hydrogen) atoms. The molecule has 2 nitrogen and oxygen atoms in total. The van der Waals surface area contributed by atoms with Crippen molar-refractivity contribution in [1.29, 1.82) is 0 Å². The van der Waals surface area contributed by atoms with Crippen LogP contribution in [0.2, 0.25) is 0 Å². The van der Waals surface area contributed by atoms with Gasteiger partial charge < -0.3 is 61.3 Å². The van der Waals surface area contributed by atoms with Crippen LogP contribution in [0.5, 0.6) is 0 Å². The topological polar surface area (TPSA) is 66.5 Å². The second-order valence-corrected chi connectivity index (χ2v) is 0. The molecule has 48 valence electrons. The molecule has 0 heterocycles. The van der Waals surface area contributed by atoms with E-state index in [-0.39, 0.29) is 61.3 Å². The van der Waals surface area contributed by atoms with E-state index in [0.29, 0.717) is 0 Å². The van der Waals surface area contributed by atoms with Gasteiger partial charge >= 0.3 is 0 Å². The van der Waals surface area contributed by atoms with E-state index in [1.54, 1.807) is 0 Å². The number of rotatable bonds is 0. The zero-order chi connectivity index (χ0) is 0. The lowest BCUT2D eigenvalue weighted by molar-refractivity contribution is -0.00100. The van der Waals surface area contributed by atoms with E-state index >= 15 is 0 Å². The highest BCUT2D eigenvalue weighted by atomic mass is 35.5. The molecule has 0 saturated heterocycles. The standard InChI is InChI=1S/4ClH.H3N.H2O/h4*1H;1H3;1H2/p-4. The molecule has 0 fully saturated rings. The predicted molar refractivity (Wildman–Crippen MR) is 7.92 cm³/mol. The van der Waals surface area contributed by atoms with Crippen molar-refractivity contribution in [3.8, 4) is 0 Å². The number of hydrogen-bond acceptors (Lipinski definition) is 1. The second kappa shape index (κ2) is 135. The molecule has 5 N–H and O–H groups in total. The summed E-state index contributed by atoms with van der Waals surface area (Å²) >= 11 is 0. The molecule has 0 aromatic carbocycles. The summed E-state index contributed by atoms with van der Waals surface area (Å²) in [5, 5.41) is 0. The summed E-state index contributed by atoms with van der Waals surface area (Å²) in [5.74, 6) is 0. The Hall–Kier alpha value is 1.08. The van der Waals surface area contributed by atoms with Gasteiger partial charge in [-0.2, -0.15) is 0 Å². The molecule has 0 radical (unpaired) electrons. The highest BCUT2D eigenvalue weighted by Gasteiger charge is -0.369. The number of quaternary nitrogens is 1. The molecule has 0 rings (SSSR count). The Labute approximate surface area is 61.6 Å². The summed E-state index contributed by atoms with van der Waals surface area (Å²) < 4.78 is 0. The average molecular weight is 177 g/mol. The van der Waals surface area contributed by atoms with E-state index in [0.717, 1.165) is 0 Å².